The zero-order chi connectivity index (χ0) is 13.0. The molecule has 0 bridgehead atoms. The third kappa shape index (κ3) is 2.84. The maximum Gasteiger partial charge on any atom is 0.0635 e. The summed E-state index contributed by atoms with van der Waals surface area (Å²) in [7, 11) is 3.70. The molecule has 4 nitrogen and oxygen atoms in total. The van der Waals surface area contributed by atoms with Crippen molar-refractivity contribution in [2.24, 2.45) is 7.05 Å². The topological polar surface area (TPSA) is 52.2 Å². The van der Waals surface area contributed by atoms with Gasteiger partial charge < -0.3 is 20.4 Å². The van der Waals surface area contributed by atoms with E-state index < -0.39 is 0 Å². The molecule has 2 aromatic rings. The van der Waals surface area contributed by atoms with E-state index in [4.69, 9.17) is 10.5 Å². The summed E-state index contributed by atoms with van der Waals surface area (Å²) in [6.45, 7) is 1.46. The Morgan fingerprint density at radius 3 is 2.83 bits per heavy atom. The average molecular weight is 245 g/mol. The summed E-state index contributed by atoms with van der Waals surface area (Å²) in [6.07, 6.45) is 4.10. The van der Waals surface area contributed by atoms with Gasteiger partial charge in [-0.25, -0.2) is 0 Å². The van der Waals surface area contributed by atoms with Gasteiger partial charge >= 0.3 is 0 Å². The molecule has 3 N–H and O–H groups in total. The fraction of sp³-hybridized carbons (Fsp3) is 0.286. The molecule has 0 radical (unpaired) electrons. The van der Waals surface area contributed by atoms with E-state index in [1.54, 1.807) is 7.11 Å². The van der Waals surface area contributed by atoms with Gasteiger partial charge in [0.25, 0.3) is 0 Å². The lowest BCUT2D eigenvalue weighted by Gasteiger charge is -2.11. The zero-order valence-corrected chi connectivity index (χ0v) is 10.8. The molecular weight excluding hydrogens is 226 g/mol. The fourth-order valence-corrected chi connectivity index (χ4v) is 1.91. The Kier molecular flexibility index (Phi) is 3.89. The molecule has 0 atom stereocenters. The normalized spacial score (nSPS) is 10.6. The molecule has 4 heteroatoms. The molecule has 0 amide bonds. The number of methoxy groups -OCH3 is 1. The summed E-state index contributed by atoms with van der Waals surface area (Å²) in [6, 6.07) is 7.98. The summed E-state index contributed by atoms with van der Waals surface area (Å²) >= 11 is 0. The summed E-state index contributed by atoms with van der Waals surface area (Å²) < 4.78 is 7.07. The number of rotatable bonds is 5. The van der Waals surface area contributed by atoms with E-state index in [0.717, 1.165) is 29.0 Å². The molecule has 1 aromatic heterocycles. The minimum Gasteiger partial charge on any atom is -0.399 e. The predicted molar refractivity (Wildman–Crippen MR) is 75.6 cm³/mol. The Morgan fingerprint density at radius 2 is 2.17 bits per heavy atom. The Bertz CT molecular complexity index is 520. The van der Waals surface area contributed by atoms with Crippen LogP contribution < -0.4 is 11.1 Å². The van der Waals surface area contributed by atoms with Crippen LogP contribution in [0, 0.1) is 0 Å². The highest BCUT2D eigenvalue weighted by Gasteiger charge is 2.06. The van der Waals surface area contributed by atoms with Crippen LogP contribution in [0.3, 0.4) is 0 Å². The van der Waals surface area contributed by atoms with Crippen molar-refractivity contribution >= 4 is 11.4 Å². The molecule has 1 aromatic carbocycles. The molecule has 0 aliphatic carbocycles. The number of nitrogen functional groups attached to an aromatic ring is 1. The minimum absolute atomic E-state index is 0.679. The van der Waals surface area contributed by atoms with Crippen LogP contribution in [-0.4, -0.2) is 24.8 Å². The van der Waals surface area contributed by atoms with Crippen LogP contribution in [0.5, 0.6) is 0 Å². The van der Waals surface area contributed by atoms with E-state index in [1.807, 2.05) is 36.0 Å². The Balaban J connectivity index is 2.29. The van der Waals surface area contributed by atoms with Crippen LogP contribution in [0.2, 0.25) is 0 Å². The molecule has 18 heavy (non-hydrogen) atoms. The van der Waals surface area contributed by atoms with Crippen LogP contribution in [-0.2, 0) is 11.8 Å². The average Bonchev–Trinajstić information content (AvgIpc) is 2.78. The fourth-order valence-electron chi connectivity index (χ4n) is 1.91. The van der Waals surface area contributed by atoms with E-state index in [9.17, 15) is 0 Å². The molecule has 96 valence electrons. The maximum atomic E-state index is 5.87. The van der Waals surface area contributed by atoms with Crippen LogP contribution >= 0.6 is 0 Å². The smallest absolute Gasteiger partial charge is 0.0635 e. The van der Waals surface area contributed by atoms with Crippen molar-refractivity contribution in [3.05, 3.63) is 36.7 Å². The first-order chi connectivity index (χ1) is 8.70. The van der Waals surface area contributed by atoms with Gasteiger partial charge in [-0.3, -0.25) is 0 Å². The van der Waals surface area contributed by atoms with Crippen molar-refractivity contribution in [3.8, 4) is 11.1 Å². The molecule has 0 saturated carbocycles. The Hall–Kier alpha value is -1.94. The second-order valence-corrected chi connectivity index (χ2v) is 4.29. The quantitative estimate of drug-likeness (QED) is 0.628. The van der Waals surface area contributed by atoms with E-state index in [-0.39, 0.29) is 0 Å². The molecule has 0 spiro atoms. The molecular formula is C14H19N3O. The van der Waals surface area contributed by atoms with E-state index in [1.165, 1.54) is 0 Å². The summed E-state index contributed by atoms with van der Waals surface area (Å²) in [5.41, 5.74) is 9.99. The molecule has 0 unspecified atom stereocenters. The van der Waals surface area contributed by atoms with Gasteiger partial charge in [-0.05, 0) is 24.3 Å². The standard InChI is InChI=1S/C14H19N3O/c1-17-7-5-11(10-17)13-9-12(15)3-4-14(13)16-6-8-18-2/h3-5,7,9-10,16H,6,8,15H2,1-2H3. The number of hydrogen-bond acceptors (Lipinski definition) is 3. The van der Waals surface area contributed by atoms with Crippen molar-refractivity contribution in [3.63, 3.8) is 0 Å². The number of anilines is 2. The number of benzene rings is 1. The monoisotopic (exact) mass is 245 g/mol. The first-order valence-corrected chi connectivity index (χ1v) is 5.95. The molecule has 0 saturated heterocycles. The number of nitrogens with zero attached hydrogens (tertiary/aromatic N) is 1. The van der Waals surface area contributed by atoms with Gasteiger partial charge in [-0.15, -0.1) is 0 Å². The molecule has 0 aliphatic rings. The van der Waals surface area contributed by atoms with Crippen molar-refractivity contribution < 1.29 is 4.74 Å². The van der Waals surface area contributed by atoms with Crippen molar-refractivity contribution in [2.45, 2.75) is 0 Å². The molecule has 2 rings (SSSR count). The zero-order valence-electron chi connectivity index (χ0n) is 10.8. The lowest BCUT2D eigenvalue weighted by molar-refractivity contribution is 0.211. The van der Waals surface area contributed by atoms with E-state index >= 15 is 0 Å². The lowest BCUT2D eigenvalue weighted by Crippen LogP contribution is -2.08. The third-order valence-corrected chi connectivity index (χ3v) is 2.81. The van der Waals surface area contributed by atoms with Crippen LogP contribution in [0.1, 0.15) is 0 Å². The summed E-state index contributed by atoms with van der Waals surface area (Å²) in [4.78, 5) is 0. The van der Waals surface area contributed by atoms with E-state index in [2.05, 4.69) is 17.6 Å². The largest absolute Gasteiger partial charge is 0.399 e. The summed E-state index contributed by atoms with van der Waals surface area (Å²) in [5.74, 6) is 0. The van der Waals surface area contributed by atoms with Gasteiger partial charge in [-0.1, -0.05) is 0 Å². The number of ether oxygens (including phenoxy) is 1. The van der Waals surface area contributed by atoms with Gasteiger partial charge in [-0.2, -0.15) is 0 Å². The molecule has 0 fully saturated rings. The van der Waals surface area contributed by atoms with Gasteiger partial charge in [0, 0.05) is 55.6 Å². The lowest BCUT2D eigenvalue weighted by atomic mass is 10.1. The van der Waals surface area contributed by atoms with Gasteiger partial charge in [0.05, 0.1) is 6.61 Å². The maximum absolute atomic E-state index is 5.87. The highest BCUT2D eigenvalue weighted by atomic mass is 16.5. The Labute approximate surface area is 107 Å². The number of nitrogens with one attached hydrogen (secondary N) is 1. The highest BCUT2D eigenvalue weighted by molar-refractivity contribution is 5.80. The molecule has 0 aliphatic heterocycles. The Morgan fingerprint density at radius 1 is 1.33 bits per heavy atom. The second-order valence-electron chi connectivity index (χ2n) is 4.29. The number of nitrogens with two attached hydrogens (primary N) is 1. The number of hydrogen-bond donors (Lipinski definition) is 2. The number of aromatic nitrogens is 1. The molecule has 1 heterocycles. The van der Waals surface area contributed by atoms with E-state index in [0.29, 0.717) is 6.61 Å². The van der Waals surface area contributed by atoms with Crippen molar-refractivity contribution in [1.82, 2.24) is 4.57 Å². The SMILES string of the molecule is COCCNc1ccc(N)cc1-c1ccn(C)c1. The first-order valence-electron chi connectivity index (χ1n) is 5.95. The van der Waals surface area contributed by atoms with Crippen molar-refractivity contribution in [1.29, 1.82) is 0 Å². The van der Waals surface area contributed by atoms with Crippen LogP contribution in [0.4, 0.5) is 11.4 Å². The minimum atomic E-state index is 0.679. The van der Waals surface area contributed by atoms with Crippen LogP contribution in [0.15, 0.2) is 36.7 Å². The second kappa shape index (κ2) is 5.60. The van der Waals surface area contributed by atoms with Crippen molar-refractivity contribution in [2.75, 3.05) is 31.3 Å². The third-order valence-electron chi connectivity index (χ3n) is 2.81. The first kappa shape index (κ1) is 12.5. The summed E-state index contributed by atoms with van der Waals surface area (Å²) in [5, 5.41) is 3.36. The van der Waals surface area contributed by atoms with Gasteiger partial charge in [0.1, 0.15) is 0 Å². The number of aryl methyl sites for hydroxylation is 1. The van der Waals surface area contributed by atoms with Crippen LogP contribution in [0.25, 0.3) is 11.1 Å². The van der Waals surface area contributed by atoms with Gasteiger partial charge in [0.15, 0.2) is 0 Å². The highest BCUT2D eigenvalue weighted by Crippen LogP contribution is 2.30. The van der Waals surface area contributed by atoms with Gasteiger partial charge in [0.2, 0.25) is 0 Å². The predicted octanol–water partition coefficient (Wildman–Crippen LogP) is 2.33.